The average Bonchev–Trinajstić information content (AvgIpc) is 2.82. The van der Waals surface area contributed by atoms with Crippen molar-refractivity contribution in [2.75, 3.05) is 26.2 Å². The normalized spacial score (nSPS) is 16.0. The molecule has 2 amide bonds. The van der Waals surface area contributed by atoms with E-state index in [1.165, 1.54) is 29.2 Å². The Bertz CT molecular complexity index is 1170. The van der Waals surface area contributed by atoms with Crippen LogP contribution in [0, 0.1) is 5.82 Å². The van der Waals surface area contributed by atoms with Crippen molar-refractivity contribution in [2.45, 2.75) is 23.8 Å². The Hall–Kier alpha value is -3.71. The van der Waals surface area contributed by atoms with Crippen molar-refractivity contribution in [2.24, 2.45) is 16.6 Å². The highest BCUT2D eigenvalue weighted by molar-refractivity contribution is 7.89. The molecule has 0 aliphatic carbocycles. The third-order valence-electron chi connectivity index (χ3n) is 5.19. The van der Waals surface area contributed by atoms with Crippen molar-refractivity contribution in [3.8, 4) is 11.1 Å². The molecule has 0 aromatic heterocycles. The Kier molecular flexibility index (Phi) is 8.60. The van der Waals surface area contributed by atoms with Gasteiger partial charge in [-0.05, 0) is 53.4 Å². The molecule has 2 aromatic carbocycles. The molecule has 2 aromatic rings. The van der Waals surface area contributed by atoms with Crippen LogP contribution in [0.2, 0.25) is 0 Å². The molecule has 35 heavy (non-hydrogen) atoms. The van der Waals surface area contributed by atoms with E-state index < -0.39 is 27.9 Å². The lowest BCUT2D eigenvalue weighted by Gasteiger charge is -2.32. The van der Waals surface area contributed by atoms with Gasteiger partial charge in [-0.1, -0.05) is 24.3 Å². The summed E-state index contributed by atoms with van der Waals surface area (Å²) in [4.78, 5) is 31.0. The third kappa shape index (κ3) is 7.39. The van der Waals surface area contributed by atoms with Crippen LogP contribution in [0.4, 0.5) is 4.39 Å². The van der Waals surface area contributed by atoms with Crippen LogP contribution < -0.4 is 21.5 Å². The van der Waals surface area contributed by atoms with Gasteiger partial charge in [-0.25, -0.2) is 12.8 Å². The molecule has 1 atom stereocenters. The summed E-state index contributed by atoms with van der Waals surface area (Å²) in [5, 5.41) is 5.89. The minimum absolute atomic E-state index is 0.00759. The Morgan fingerprint density at radius 1 is 1.11 bits per heavy atom. The van der Waals surface area contributed by atoms with Gasteiger partial charge in [0.2, 0.25) is 27.8 Å². The second kappa shape index (κ2) is 11.6. The van der Waals surface area contributed by atoms with Gasteiger partial charge in [0, 0.05) is 6.54 Å². The molecule has 1 aliphatic rings. The second-order valence-corrected chi connectivity index (χ2v) is 9.52. The number of nitrogens with one attached hydrogen (secondary N) is 2. The van der Waals surface area contributed by atoms with Crippen LogP contribution in [0.1, 0.15) is 12.8 Å². The molecule has 188 valence electrons. The topological polar surface area (TPSA) is 169 Å². The van der Waals surface area contributed by atoms with Gasteiger partial charge in [0.15, 0.2) is 0 Å². The standard InChI is InChI=1S/C22H27FN6O5S/c23-17-7-3-15(4-8-17)16-5-9-18(10-6-16)35(32,33)28-19-2-1-12-29(21(19)31)14-20(30)26-11-13-34-27-22(24)25/h3-10,19,28H,1-2,11-14H2,(H,26,30)(H4,24,25,27)/t19-/m0/s1. The minimum Gasteiger partial charge on any atom is -0.391 e. The number of likely N-dealkylation sites (tertiary alicyclic amines) is 1. The Labute approximate surface area is 202 Å². The minimum atomic E-state index is -3.99. The van der Waals surface area contributed by atoms with E-state index in [1.807, 2.05) is 0 Å². The first-order chi connectivity index (χ1) is 16.7. The summed E-state index contributed by atoms with van der Waals surface area (Å²) < 4.78 is 41.3. The van der Waals surface area contributed by atoms with Gasteiger partial charge in [0.05, 0.1) is 18.0 Å². The fraction of sp³-hybridized carbons (Fsp3) is 0.318. The van der Waals surface area contributed by atoms with Crippen LogP contribution in [0.5, 0.6) is 0 Å². The van der Waals surface area contributed by atoms with E-state index in [0.29, 0.717) is 19.4 Å². The highest BCUT2D eigenvalue weighted by Crippen LogP contribution is 2.22. The molecule has 0 radical (unpaired) electrons. The van der Waals surface area contributed by atoms with Gasteiger partial charge in [0.25, 0.3) is 0 Å². The van der Waals surface area contributed by atoms with E-state index >= 15 is 0 Å². The Morgan fingerprint density at radius 2 is 1.74 bits per heavy atom. The molecule has 1 aliphatic heterocycles. The quantitative estimate of drug-likeness (QED) is 0.153. The predicted octanol–water partition coefficient (Wildman–Crippen LogP) is 0.0832. The number of nitrogens with zero attached hydrogens (tertiary/aromatic N) is 2. The number of nitrogens with two attached hydrogens (primary N) is 2. The summed E-state index contributed by atoms with van der Waals surface area (Å²) in [5.74, 6) is -1.51. The van der Waals surface area contributed by atoms with E-state index in [0.717, 1.165) is 11.1 Å². The first kappa shape index (κ1) is 25.9. The number of rotatable bonds is 10. The number of sulfonamides is 1. The first-order valence-electron chi connectivity index (χ1n) is 10.8. The zero-order chi connectivity index (χ0) is 25.4. The van der Waals surface area contributed by atoms with Crippen LogP contribution in [0.15, 0.2) is 58.6 Å². The van der Waals surface area contributed by atoms with Crippen LogP contribution in [0.25, 0.3) is 11.1 Å². The van der Waals surface area contributed by atoms with Crippen molar-refractivity contribution >= 4 is 27.8 Å². The molecule has 6 N–H and O–H groups in total. The summed E-state index contributed by atoms with van der Waals surface area (Å²) >= 11 is 0. The summed E-state index contributed by atoms with van der Waals surface area (Å²) in [6, 6.07) is 10.9. The lowest BCUT2D eigenvalue weighted by Crippen LogP contribution is -2.54. The zero-order valence-electron chi connectivity index (χ0n) is 18.8. The van der Waals surface area contributed by atoms with E-state index in [4.69, 9.17) is 16.3 Å². The summed E-state index contributed by atoms with van der Waals surface area (Å²) in [5.41, 5.74) is 11.7. The van der Waals surface area contributed by atoms with E-state index in [2.05, 4.69) is 15.2 Å². The lowest BCUT2D eigenvalue weighted by atomic mass is 10.1. The average molecular weight is 507 g/mol. The molecule has 1 saturated heterocycles. The van der Waals surface area contributed by atoms with Crippen LogP contribution in [-0.2, 0) is 24.4 Å². The van der Waals surface area contributed by atoms with Gasteiger partial charge < -0.3 is 26.5 Å². The fourth-order valence-corrected chi connectivity index (χ4v) is 4.74. The number of amides is 2. The molecule has 0 spiro atoms. The molecular formula is C22H27FN6O5S. The van der Waals surface area contributed by atoms with Gasteiger partial charge >= 0.3 is 0 Å². The maximum absolute atomic E-state index is 13.1. The molecule has 11 nitrogen and oxygen atoms in total. The fourth-order valence-electron chi connectivity index (χ4n) is 3.52. The molecular weight excluding hydrogens is 479 g/mol. The number of carbonyl (C=O) groups is 2. The van der Waals surface area contributed by atoms with Gasteiger partial charge in [-0.15, -0.1) is 0 Å². The predicted molar refractivity (Wildman–Crippen MR) is 127 cm³/mol. The number of guanidine groups is 1. The summed E-state index contributed by atoms with van der Waals surface area (Å²) in [6.07, 6.45) is 0.847. The maximum atomic E-state index is 13.1. The van der Waals surface area contributed by atoms with Crippen LogP contribution >= 0.6 is 0 Å². The monoisotopic (exact) mass is 506 g/mol. The number of oxime groups is 1. The second-order valence-electron chi connectivity index (χ2n) is 7.81. The van der Waals surface area contributed by atoms with Crippen LogP contribution in [-0.4, -0.2) is 63.4 Å². The molecule has 0 unspecified atom stereocenters. The number of hydrogen-bond acceptors (Lipinski definition) is 6. The SMILES string of the molecule is NC(N)=NOCCNC(=O)CN1CCC[C@H](NS(=O)(=O)c2ccc(-c3ccc(F)cc3)cc2)C1=O. The molecule has 1 fully saturated rings. The Balaban J connectivity index is 1.56. The van der Waals surface area contributed by atoms with E-state index in [-0.39, 0.29) is 36.4 Å². The number of carbonyl (C=O) groups excluding carboxylic acids is 2. The van der Waals surface area contributed by atoms with Crippen molar-refractivity contribution in [1.82, 2.24) is 14.9 Å². The maximum Gasteiger partial charge on any atom is 0.241 e. The van der Waals surface area contributed by atoms with Crippen LogP contribution in [0.3, 0.4) is 0 Å². The molecule has 13 heteroatoms. The summed E-state index contributed by atoms with van der Waals surface area (Å²) in [7, 11) is -3.99. The van der Waals surface area contributed by atoms with Gasteiger partial charge in [0.1, 0.15) is 18.5 Å². The molecule has 3 rings (SSSR count). The first-order valence-corrected chi connectivity index (χ1v) is 12.3. The number of piperidine rings is 1. The molecule has 1 heterocycles. The zero-order valence-corrected chi connectivity index (χ0v) is 19.6. The van der Waals surface area contributed by atoms with E-state index in [9.17, 15) is 22.4 Å². The number of halogens is 1. The Morgan fingerprint density at radius 3 is 2.37 bits per heavy atom. The van der Waals surface area contributed by atoms with E-state index in [1.54, 1.807) is 24.3 Å². The largest absolute Gasteiger partial charge is 0.391 e. The van der Waals surface area contributed by atoms with Crippen molar-refractivity contribution < 1.29 is 27.2 Å². The van der Waals surface area contributed by atoms with Gasteiger partial charge in [-0.3, -0.25) is 9.59 Å². The number of hydrogen-bond donors (Lipinski definition) is 4. The smallest absolute Gasteiger partial charge is 0.241 e. The summed E-state index contributed by atoms with van der Waals surface area (Å²) in [6.45, 7) is 0.286. The van der Waals surface area contributed by atoms with Gasteiger partial charge in [-0.2, -0.15) is 4.72 Å². The highest BCUT2D eigenvalue weighted by Gasteiger charge is 2.33. The van der Waals surface area contributed by atoms with Crippen molar-refractivity contribution in [1.29, 1.82) is 0 Å². The highest BCUT2D eigenvalue weighted by atomic mass is 32.2. The third-order valence-corrected chi connectivity index (χ3v) is 6.68. The number of benzene rings is 2. The van der Waals surface area contributed by atoms with Crippen molar-refractivity contribution in [3.05, 3.63) is 54.3 Å². The molecule has 0 saturated carbocycles. The molecule has 0 bridgehead atoms. The lowest BCUT2D eigenvalue weighted by molar-refractivity contribution is -0.139. The van der Waals surface area contributed by atoms with Crippen molar-refractivity contribution in [3.63, 3.8) is 0 Å².